The van der Waals surface area contributed by atoms with E-state index in [0.29, 0.717) is 15.2 Å². The van der Waals surface area contributed by atoms with Crippen LogP contribution in [0.15, 0.2) is 14.7 Å². The molecule has 1 atom stereocenters. The van der Waals surface area contributed by atoms with Gasteiger partial charge in [-0.3, -0.25) is 0 Å². The SMILES string of the molecule is CCNCc1cc(S(=O)(=O)NC2CCCN(C)C2)c(Br)s1. The zero-order valence-corrected chi connectivity index (χ0v) is 15.6. The molecule has 8 heteroatoms. The molecule has 2 rings (SSSR count). The summed E-state index contributed by atoms with van der Waals surface area (Å²) in [5.41, 5.74) is 0. The van der Waals surface area contributed by atoms with Crippen LogP contribution >= 0.6 is 27.3 Å². The number of likely N-dealkylation sites (tertiary alicyclic amines) is 1. The second-order valence-corrected chi connectivity index (χ2v) is 9.49. The van der Waals surface area contributed by atoms with Crippen LogP contribution in [0.5, 0.6) is 0 Å². The molecule has 0 aromatic carbocycles. The van der Waals surface area contributed by atoms with E-state index in [1.54, 1.807) is 6.07 Å². The van der Waals surface area contributed by atoms with Gasteiger partial charge in [-0.05, 0) is 55.0 Å². The molecule has 1 aromatic heterocycles. The first-order valence-electron chi connectivity index (χ1n) is 7.12. The van der Waals surface area contributed by atoms with E-state index in [1.165, 1.54) is 11.3 Å². The number of rotatable bonds is 6. The summed E-state index contributed by atoms with van der Waals surface area (Å²) >= 11 is 4.85. The summed E-state index contributed by atoms with van der Waals surface area (Å²) in [4.78, 5) is 3.54. The number of likely N-dealkylation sites (N-methyl/N-ethyl adjacent to an activating group) is 1. The Morgan fingerprint density at radius 2 is 2.29 bits per heavy atom. The average molecular weight is 396 g/mol. The number of sulfonamides is 1. The van der Waals surface area contributed by atoms with Gasteiger partial charge in [0.25, 0.3) is 0 Å². The fourth-order valence-electron chi connectivity index (χ4n) is 2.46. The molecule has 2 heterocycles. The van der Waals surface area contributed by atoms with Crippen LogP contribution in [0.4, 0.5) is 0 Å². The summed E-state index contributed by atoms with van der Waals surface area (Å²) < 4.78 is 28.6. The lowest BCUT2D eigenvalue weighted by molar-refractivity contribution is 0.242. The molecular weight excluding hydrogens is 374 g/mol. The number of nitrogens with zero attached hydrogens (tertiary/aromatic N) is 1. The summed E-state index contributed by atoms with van der Waals surface area (Å²) in [6.07, 6.45) is 1.93. The van der Waals surface area contributed by atoms with Crippen LogP contribution < -0.4 is 10.0 Å². The fourth-order valence-corrected chi connectivity index (χ4v) is 6.38. The van der Waals surface area contributed by atoms with Crippen molar-refractivity contribution in [2.45, 2.75) is 37.2 Å². The van der Waals surface area contributed by atoms with Crippen LogP contribution in [0.25, 0.3) is 0 Å². The van der Waals surface area contributed by atoms with Crippen molar-refractivity contribution in [3.05, 3.63) is 14.7 Å². The molecule has 0 aliphatic carbocycles. The Morgan fingerprint density at radius 1 is 1.52 bits per heavy atom. The smallest absolute Gasteiger partial charge is 0.242 e. The maximum Gasteiger partial charge on any atom is 0.242 e. The van der Waals surface area contributed by atoms with Gasteiger partial charge >= 0.3 is 0 Å². The van der Waals surface area contributed by atoms with E-state index in [0.717, 1.165) is 37.4 Å². The van der Waals surface area contributed by atoms with Crippen LogP contribution in [0.1, 0.15) is 24.6 Å². The third kappa shape index (κ3) is 4.74. The molecule has 21 heavy (non-hydrogen) atoms. The van der Waals surface area contributed by atoms with Gasteiger partial charge < -0.3 is 10.2 Å². The number of hydrogen-bond acceptors (Lipinski definition) is 5. The van der Waals surface area contributed by atoms with Crippen LogP contribution in [0.2, 0.25) is 0 Å². The number of thiophene rings is 1. The van der Waals surface area contributed by atoms with E-state index < -0.39 is 10.0 Å². The van der Waals surface area contributed by atoms with Gasteiger partial charge in [0.1, 0.15) is 4.90 Å². The Bertz CT molecular complexity index is 574. The van der Waals surface area contributed by atoms with Crippen molar-refractivity contribution < 1.29 is 8.42 Å². The van der Waals surface area contributed by atoms with E-state index in [4.69, 9.17) is 0 Å². The Kier molecular flexibility index (Phi) is 6.22. The molecule has 1 saturated heterocycles. The zero-order chi connectivity index (χ0) is 15.5. The lowest BCUT2D eigenvalue weighted by Gasteiger charge is -2.29. The summed E-state index contributed by atoms with van der Waals surface area (Å²) in [7, 11) is -1.44. The minimum Gasteiger partial charge on any atom is -0.312 e. The van der Waals surface area contributed by atoms with E-state index in [2.05, 4.69) is 30.9 Å². The van der Waals surface area contributed by atoms with Crippen LogP contribution in [0, 0.1) is 0 Å². The van der Waals surface area contributed by atoms with Gasteiger partial charge in [-0.2, -0.15) is 0 Å². The van der Waals surface area contributed by atoms with Crippen molar-refractivity contribution in [1.82, 2.24) is 14.9 Å². The number of halogens is 1. The largest absolute Gasteiger partial charge is 0.312 e. The summed E-state index contributed by atoms with van der Waals surface area (Å²) in [6, 6.07) is 1.75. The summed E-state index contributed by atoms with van der Waals surface area (Å²) in [6.45, 7) is 5.39. The topological polar surface area (TPSA) is 61.4 Å². The minimum atomic E-state index is -3.46. The Balaban J connectivity index is 2.09. The molecule has 0 spiro atoms. The number of hydrogen-bond donors (Lipinski definition) is 2. The van der Waals surface area contributed by atoms with E-state index in [-0.39, 0.29) is 6.04 Å². The monoisotopic (exact) mass is 395 g/mol. The molecule has 0 radical (unpaired) electrons. The second kappa shape index (κ2) is 7.52. The molecule has 0 saturated carbocycles. The first-order valence-corrected chi connectivity index (χ1v) is 10.2. The maximum atomic E-state index is 12.5. The van der Waals surface area contributed by atoms with Crippen LogP contribution in [0.3, 0.4) is 0 Å². The third-order valence-corrected chi connectivity index (χ3v) is 7.26. The van der Waals surface area contributed by atoms with Crippen molar-refractivity contribution in [3.63, 3.8) is 0 Å². The molecule has 1 aliphatic heterocycles. The molecule has 0 bridgehead atoms. The number of piperidine rings is 1. The highest BCUT2D eigenvalue weighted by molar-refractivity contribution is 9.11. The van der Waals surface area contributed by atoms with Gasteiger partial charge in [0.05, 0.1) is 3.79 Å². The highest BCUT2D eigenvalue weighted by Gasteiger charge is 2.26. The minimum absolute atomic E-state index is 0.00207. The second-order valence-electron chi connectivity index (χ2n) is 5.35. The lowest BCUT2D eigenvalue weighted by atomic mass is 10.1. The Hall–Kier alpha value is 0.01000. The van der Waals surface area contributed by atoms with Gasteiger partial charge in [0, 0.05) is 24.0 Å². The van der Waals surface area contributed by atoms with Crippen molar-refractivity contribution >= 4 is 37.3 Å². The van der Waals surface area contributed by atoms with Gasteiger partial charge in [0.15, 0.2) is 0 Å². The predicted octanol–water partition coefficient (Wildman–Crippen LogP) is 1.99. The highest BCUT2D eigenvalue weighted by atomic mass is 79.9. The fraction of sp³-hybridized carbons (Fsp3) is 0.692. The molecule has 120 valence electrons. The average Bonchev–Trinajstić information content (AvgIpc) is 2.78. The Morgan fingerprint density at radius 3 is 2.95 bits per heavy atom. The first kappa shape index (κ1) is 17.4. The summed E-state index contributed by atoms with van der Waals surface area (Å²) in [5.74, 6) is 0. The molecule has 1 aromatic rings. The molecule has 0 amide bonds. The van der Waals surface area contributed by atoms with Gasteiger partial charge in [-0.1, -0.05) is 6.92 Å². The van der Waals surface area contributed by atoms with Crippen molar-refractivity contribution in [2.24, 2.45) is 0 Å². The highest BCUT2D eigenvalue weighted by Crippen LogP contribution is 2.32. The van der Waals surface area contributed by atoms with Crippen molar-refractivity contribution in [2.75, 3.05) is 26.7 Å². The van der Waals surface area contributed by atoms with Gasteiger partial charge in [0.2, 0.25) is 10.0 Å². The number of nitrogens with one attached hydrogen (secondary N) is 2. The van der Waals surface area contributed by atoms with E-state index in [1.807, 2.05) is 14.0 Å². The normalized spacial score (nSPS) is 20.8. The van der Waals surface area contributed by atoms with E-state index >= 15 is 0 Å². The van der Waals surface area contributed by atoms with E-state index in [9.17, 15) is 8.42 Å². The lowest BCUT2D eigenvalue weighted by Crippen LogP contribution is -2.46. The molecule has 1 aliphatic rings. The Labute approximate surface area is 139 Å². The quantitative estimate of drug-likeness (QED) is 0.772. The molecule has 2 N–H and O–H groups in total. The van der Waals surface area contributed by atoms with Crippen molar-refractivity contribution in [3.8, 4) is 0 Å². The molecule has 1 unspecified atom stereocenters. The van der Waals surface area contributed by atoms with Gasteiger partial charge in [-0.15, -0.1) is 11.3 Å². The zero-order valence-electron chi connectivity index (χ0n) is 12.4. The standard InChI is InChI=1S/C13H22BrN3O2S2/c1-3-15-8-11-7-12(13(14)20-11)21(18,19)16-10-5-4-6-17(2)9-10/h7,10,15-16H,3-6,8-9H2,1-2H3. The molecular formula is C13H22BrN3O2S2. The maximum absolute atomic E-state index is 12.5. The third-order valence-electron chi connectivity index (χ3n) is 3.49. The predicted molar refractivity (Wildman–Crippen MR) is 90.2 cm³/mol. The molecule has 1 fully saturated rings. The van der Waals surface area contributed by atoms with Crippen LogP contribution in [-0.4, -0.2) is 46.0 Å². The summed E-state index contributed by atoms with van der Waals surface area (Å²) in [5, 5.41) is 3.21. The van der Waals surface area contributed by atoms with Crippen molar-refractivity contribution in [1.29, 1.82) is 0 Å². The van der Waals surface area contributed by atoms with Gasteiger partial charge in [-0.25, -0.2) is 13.1 Å². The molecule has 5 nitrogen and oxygen atoms in total. The first-order chi connectivity index (χ1) is 9.92. The van der Waals surface area contributed by atoms with Crippen LogP contribution in [-0.2, 0) is 16.6 Å².